The molecule has 0 saturated heterocycles. The Morgan fingerprint density at radius 2 is 1.56 bits per heavy atom. The van der Waals surface area contributed by atoms with Crippen molar-refractivity contribution in [2.24, 2.45) is 0 Å². The molecular weight excluding hydrogens is 281 g/mol. The van der Waals surface area contributed by atoms with E-state index in [1.54, 1.807) is 0 Å². The minimum Gasteiger partial charge on any atom is -0.289 e. The van der Waals surface area contributed by atoms with Crippen LogP contribution in [0.15, 0.2) is 36.4 Å². The minimum absolute atomic E-state index is 0.106. The van der Waals surface area contributed by atoms with Crippen LogP contribution in [-0.4, -0.2) is 5.78 Å². The van der Waals surface area contributed by atoms with E-state index < -0.39 is 17.4 Å². The molecule has 2 aromatic rings. The Hall–Kier alpha value is -1.45. The highest BCUT2D eigenvalue weighted by atomic mass is 35.5. The van der Waals surface area contributed by atoms with Crippen LogP contribution in [0.2, 0.25) is 10.0 Å². The van der Waals surface area contributed by atoms with Gasteiger partial charge in [0.25, 0.3) is 0 Å². The lowest BCUT2D eigenvalue weighted by molar-refractivity contribution is 0.103. The van der Waals surface area contributed by atoms with E-state index in [1.807, 2.05) is 0 Å². The third-order valence-corrected chi connectivity index (χ3v) is 2.86. The molecule has 0 saturated carbocycles. The van der Waals surface area contributed by atoms with Gasteiger partial charge in [-0.05, 0) is 30.3 Å². The second-order valence-corrected chi connectivity index (χ2v) is 4.46. The first kappa shape index (κ1) is 13.0. The van der Waals surface area contributed by atoms with E-state index in [1.165, 1.54) is 18.2 Å². The van der Waals surface area contributed by atoms with E-state index in [-0.39, 0.29) is 16.1 Å². The van der Waals surface area contributed by atoms with Crippen LogP contribution >= 0.6 is 23.2 Å². The van der Waals surface area contributed by atoms with Gasteiger partial charge in [-0.15, -0.1) is 0 Å². The lowest BCUT2D eigenvalue weighted by atomic mass is 10.0. The molecule has 0 aliphatic carbocycles. The van der Waals surface area contributed by atoms with Gasteiger partial charge in [0.1, 0.15) is 11.6 Å². The first-order chi connectivity index (χ1) is 8.47. The van der Waals surface area contributed by atoms with Gasteiger partial charge >= 0.3 is 0 Å². The van der Waals surface area contributed by atoms with E-state index in [0.717, 1.165) is 12.1 Å². The summed E-state index contributed by atoms with van der Waals surface area (Å²) >= 11 is 11.6. The molecule has 0 N–H and O–H groups in total. The standard InChI is InChI=1S/C13H6Cl2F2O/c14-8-1-2-12(15)11(5-8)13(18)7-3-9(16)6-10(17)4-7/h1-6H. The Bertz CT molecular complexity index is 606. The van der Waals surface area contributed by atoms with Gasteiger partial charge in [-0.3, -0.25) is 4.79 Å². The molecule has 0 aliphatic rings. The van der Waals surface area contributed by atoms with Crippen LogP contribution < -0.4 is 0 Å². The molecule has 0 amide bonds. The summed E-state index contributed by atoms with van der Waals surface area (Å²) in [6.07, 6.45) is 0. The third-order valence-electron chi connectivity index (χ3n) is 2.30. The molecule has 18 heavy (non-hydrogen) atoms. The Labute approximate surface area is 112 Å². The smallest absolute Gasteiger partial charge is 0.194 e. The van der Waals surface area contributed by atoms with E-state index >= 15 is 0 Å². The summed E-state index contributed by atoms with van der Waals surface area (Å²) in [7, 11) is 0. The number of ketones is 1. The molecular formula is C13H6Cl2F2O. The van der Waals surface area contributed by atoms with Crippen LogP contribution in [0.1, 0.15) is 15.9 Å². The second-order valence-electron chi connectivity index (χ2n) is 3.61. The zero-order chi connectivity index (χ0) is 13.3. The molecule has 0 aliphatic heterocycles. The highest BCUT2D eigenvalue weighted by Crippen LogP contribution is 2.24. The van der Waals surface area contributed by atoms with Gasteiger partial charge in [0.15, 0.2) is 5.78 Å². The fraction of sp³-hybridized carbons (Fsp3) is 0. The predicted octanol–water partition coefficient (Wildman–Crippen LogP) is 4.50. The maximum absolute atomic E-state index is 13.0. The van der Waals surface area contributed by atoms with Crippen molar-refractivity contribution in [2.75, 3.05) is 0 Å². The SMILES string of the molecule is O=C(c1cc(F)cc(F)c1)c1cc(Cl)ccc1Cl. The highest BCUT2D eigenvalue weighted by Gasteiger charge is 2.15. The lowest BCUT2D eigenvalue weighted by Crippen LogP contribution is -2.03. The summed E-state index contributed by atoms with van der Waals surface area (Å²) in [6.45, 7) is 0. The summed E-state index contributed by atoms with van der Waals surface area (Å²) in [4.78, 5) is 12.0. The Morgan fingerprint density at radius 1 is 0.944 bits per heavy atom. The average molecular weight is 287 g/mol. The van der Waals surface area contributed by atoms with E-state index in [4.69, 9.17) is 23.2 Å². The molecule has 2 aromatic carbocycles. The maximum Gasteiger partial charge on any atom is 0.194 e. The number of rotatable bonds is 2. The largest absolute Gasteiger partial charge is 0.289 e. The molecule has 0 heterocycles. The third kappa shape index (κ3) is 2.68. The number of carbonyl (C=O) groups is 1. The van der Waals surface area contributed by atoms with Crippen LogP contribution in [-0.2, 0) is 0 Å². The van der Waals surface area contributed by atoms with Gasteiger partial charge < -0.3 is 0 Å². The molecule has 0 atom stereocenters. The molecule has 0 fully saturated rings. The molecule has 5 heteroatoms. The Kier molecular flexibility index (Phi) is 3.64. The zero-order valence-corrected chi connectivity index (χ0v) is 10.4. The van der Waals surface area contributed by atoms with Crippen LogP contribution in [0.4, 0.5) is 8.78 Å². The van der Waals surface area contributed by atoms with Gasteiger partial charge in [0.05, 0.1) is 5.02 Å². The van der Waals surface area contributed by atoms with Crippen LogP contribution in [0.5, 0.6) is 0 Å². The molecule has 0 spiro atoms. The van der Waals surface area contributed by atoms with Gasteiger partial charge in [-0.2, -0.15) is 0 Å². The van der Waals surface area contributed by atoms with Crippen molar-refractivity contribution >= 4 is 29.0 Å². The highest BCUT2D eigenvalue weighted by molar-refractivity contribution is 6.36. The minimum atomic E-state index is -0.823. The van der Waals surface area contributed by atoms with E-state index in [2.05, 4.69) is 0 Å². The summed E-state index contributed by atoms with van der Waals surface area (Å²) in [5.41, 5.74) is -0.00849. The summed E-state index contributed by atoms with van der Waals surface area (Å²) in [5, 5.41) is 0.494. The van der Waals surface area contributed by atoms with Crippen LogP contribution in [0.3, 0.4) is 0 Å². The van der Waals surface area contributed by atoms with Crippen molar-refractivity contribution in [3.8, 4) is 0 Å². The zero-order valence-electron chi connectivity index (χ0n) is 8.88. The molecule has 92 valence electrons. The Balaban J connectivity index is 2.51. The first-order valence-electron chi connectivity index (χ1n) is 4.93. The lowest BCUT2D eigenvalue weighted by Gasteiger charge is -2.05. The van der Waals surface area contributed by atoms with Crippen molar-refractivity contribution in [1.82, 2.24) is 0 Å². The summed E-state index contributed by atoms with van der Waals surface area (Å²) in [6, 6.07) is 6.91. The van der Waals surface area contributed by atoms with Crippen LogP contribution in [0, 0.1) is 11.6 Å². The molecule has 1 nitrogen and oxygen atoms in total. The molecule has 2 rings (SSSR count). The number of carbonyl (C=O) groups excluding carboxylic acids is 1. The topological polar surface area (TPSA) is 17.1 Å². The number of hydrogen-bond donors (Lipinski definition) is 0. The van der Waals surface area contributed by atoms with Gasteiger partial charge in [0, 0.05) is 22.2 Å². The van der Waals surface area contributed by atoms with Crippen molar-refractivity contribution in [1.29, 1.82) is 0 Å². The van der Waals surface area contributed by atoms with Crippen molar-refractivity contribution < 1.29 is 13.6 Å². The fourth-order valence-electron chi connectivity index (χ4n) is 1.51. The number of benzene rings is 2. The quantitative estimate of drug-likeness (QED) is 0.743. The van der Waals surface area contributed by atoms with Crippen LogP contribution in [0.25, 0.3) is 0 Å². The summed E-state index contributed by atoms with van der Waals surface area (Å²) < 4.78 is 26.1. The number of halogens is 4. The molecule has 0 radical (unpaired) electrons. The summed E-state index contributed by atoms with van der Waals surface area (Å²) in [5.74, 6) is -2.23. The molecule has 0 aromatic heterocycles. The van der Waals surface area contributed by atoms with Gasteiger partial charge in [0.2, 0.25) is 0 Å². The van der Waals surface area contributed by atoms with Crippen molar-refractivity contribution in [3.05, 3.63) is 69.2 Å². The fourth-order valence-corrected chi connectivity index (χ4v) is 1.89. The number of hydrogen-bond acceptors (Lipinski definition) is 1. The van der Waals surface area contributed by atoms with E-state index in [0.29, 0.717) is 11.1 Å². The normalized spacial score (nSPS) is 10.4. The first-order valence-corrected chi connectivity index (χ1v) is 5.69. The van der Waals surface area contributed by atoms with Crippen molar-refractivity contribution in [2.45, 2.75) is 0 Å². The predicted molar refractivity (Wildman–Crippen MR) is 66.3 cm³/mol. The maximum atomic E-state index is 13.0. The molecule has 0 bridgehead atoms. The van der Waals surface area contributed by atoms with Crippen molar-refractivity contribution in [3.63, 3.8) is 0 Å². The Morgan fingerprint density at radius 3 is 2.17 bits per heavy atom. The van der Waals surface area contributed by atoms with Gasteiger partial charge in [-0.25, -0.2) is 8.78 Å². The monoisotopic (exact) mass is 286 g/mol. The average Bonchev–Trinajstić information content (AvgIpc) is 2.30. The molecule has 0 unspecified atom stereocenters. The second kappa shape index (κ2) is 5.04. The van der Waals surface area contributed by atoms with E-state index in [9.17, 15) is 13.6 Å². The van der Waals surface area contributed by atoms with Gasteiger partial charge in [-0.1, -0.05) is 23.2 Å².